The van der Waals surface area contributed by atoms with E-state index in [1.165, 1.54) is 30.2 Å². The van der Waals surface area contributed by atoms with Crippen LogP contribution in [0.1, 0.15) is 15.9 Å². The van der Waals surface area contributed by atoms with Gasteiger partial charge in [-0.15, -0.1) is 23.1 Å². The zero-order valence-electron chi connectivity index (χ0n) is 26.3. The van der Waals surface area contributed by atoms with Crippen LogP contribution in [-0.2, 0) is 9.59 Å². The minimum atomic E-state index is -0.534. The molecule has 0 aliphatic carbocycles. The smallest absolute Gasteiger partial charge is 0.272 e. The molecule has 12 heteroatoms. The van der Waals surface area contributed by atoms with E-state index in [-0.39, 0.29) is 17.4 Å². The number of hydrogen-bond acceptors (Lipinski definition) is 9. The molecule has 1 aromatic heterocycles. The van der Waals surface area contributed by atoms with Crippen LogP contribution in [-0.4, -0.2) is 49.8 Å². The molecule has 0 saturated carbocycles. The van der Waals surface area contributed by atoms with E-state index in [0.29, 0.717) is 39.2 Å². The fourth-order valence-electron chi connectivity index (χ4n) is 4.48. The number of nitrogens with one attached hydrogen (secondary N) is 3. The summed E-state index contributed by atoms with van der Waals surface area (Å²) in [7, 11) is 4.66. The highest BCUT2D eigenvalue weighted by Crippen LogP contribution is 2.32. The summed E-state index contributed by atoms with van der Waals surface area (Å²) in [4.78, 5) is 44.5. The second kappa shape index (κ2) is 16.3. The lowest BCUT2D eigenvalue weighted by atomic mass is 10.1. The van der Waals surface area contributed by atoms with Crippen LogP contribution in [0.4, 0.5) is 10.8 Å². The molecule has 0 radical (unpaired) electrons. The van der Waals surface area contributed by atoms with Crippen molar-refractivity contribution in [1.82, 2.24) is 10.3 Å². The average Bonchev–Trinajstić information content (AvgIpc) is 3.59. The molecule has 3 amide bonds. The molecule has 4 aromatic carbocycles. The number of anilines is 2. The van der Waals surface area contributed by atoms with Gasteiger partial charge in [-0.2, -0.15) is 0 Å². The number of ether oxygens (including phenoxy) is 3. The summed E-state index contributed by atoms with van der Waals surface area (Å²) in [6.07, 6.45) is 1.54. The Hall–Kier alpha value is -5.59. The van der Waals surface area contributed by atoms with Crippen LogP contribution in [0, 0.1) is 0 Å². The Morgan fingerprint density at radius 1 is 0.812 bits per heavy atom. The van der Waals surface area contributed by atoms with Gasteiger partial charge in [0, 0.05) is 38.7 Å². The van der Waals surface area contributed by atoms with Crippen LogP contribution in [0.2, 0.25) is 0 Å². The lowest BCUT2D eigenvalue weighted by molar-refractivity contribution is -0.114. The molecule has 0 unspecified atom stereocenters. The topological polar surface area (TPSA) is 128 Å². The number of carbonyl (C=O) groups excluding carboxylic acids is 3. The standard InChI is InChI=1S/C36H32N4O6S2/c1-44-26-16-13-24(32(20-26)46-3)19-29(38-34(42)23-9-5-4-6-10-23)35(43)37-25-14-17-27(18-15-25)47-22-33(41)40-36-39-30(21-48-36)28-11-7-8-12-31(28)45-2/h4-21H,22H2,1-3H3,(H,37,43)(H,38,42)(H,39,40,41)/b29-19-. The number of para-hydroxylation sites is 1. The Morgan fingerprint density at radius 3 is 2.27 bits per heavy atom. The van der Waals surface area contributed by atoms with Crippen molar-refractivity contribution in [1.29, 1.82) is 0 Å². The highest BCUT2D eigenvalue weighted by atomic mass is 32.2. The van der Waals surface area contributed by atoms with Crippen LogP contribution in [0.3, 0.4) is 0 Å². The van der Waals surface area contributed by atoms with Gasteiger partial charge in [0.15, 0.2) is 5.13 Å². The fraction of sp³-hybridized carbons (Fsp3) is 0.111. The maximum atomic E-state index is 13.5. The van der Waals surface area contributed by atoms with Crippen LogP contribution in [0.5, 0.6) is 17.2 Å². The van der Waals surface area contributed by atoms with Gasteiger partial charge >= 0.3 is 0 Å². The lowest BCUT2D eigenvalue weighted by Crippen LogP contribution is -2.30. The van der Waals surface area contributed by atoms with E-state index in [2.05, 4.69) is 20.9 Å². The summed E-state index contributed by atoms with van der Waals surface area (Å²) >= 11 is 2.68. The van der Waals surface area contributed by atoms with Crippen molar-refractivity contribution in [3.05, 3.63) is 119 Å². The predicted octanol–water partition coefficient (Wildman–Crippen LogP) is 6.98. The van der Waals surface area contributed by atoms with Gasteiger partial charge in [-0.25, -0.2) is 4.98 Å². The van der Waals surface area contributed by atoms with Crippen molar-refractivity contribution in [2.75, 3.05) is 37.7 Å². The molecule has 10 nitrogen and oxygen atoms in total. The van der Waals surface area contributed by atoms with E-state index in [9.17, 15) is 14.4 Å². The molecule has 0 atom stereocenters. The number of thioether (sulfide) groups is 1. The first-order valence-corrected chi connectivity index (χ1v) is 16.5. The van der Waals surface area contributed by atoms with Crippen molar-refractivity contribution in [3.8, 4) is 28.5 Å². The first-order valence-electron chi connectivity index (χ1n) is 14.6. The van der Waals surface area contributed by atoms with Crippen LogP contribution < -0.4 is 30.2 Å². The molecule has 0 fully saturated rings. The molecule has 0 aliphatic rings. The maximum Gasteiger partial charge on any atom is 0.272 e. The first kappa shape index (κ1) is 33.8. The Balaban J connectivity index is 1.22. The number of nitrogens with zero attached hydrogens (tertiary/aromatic N) is 1. The number of carbonyl (C=O) groups is 3. The molecular weight excluding hydrogens is 649 g/mol. The molecule has 5 aromatic rings. The Bertz CT molecular complexity index is 1930. The average molecular weight is 681 g/mol. The second-order valence-corrected chi connectivity index (χ2v) is 11.9. The number of methoxy groups -OCH3 is 3. The number of thiazole rings is 1. The molecule has 0 bridgehead atoms. The highest BCUT2D eigenvalue weighted by Gasteiger charge is 2.17. The predicted molar refractivity (Wildman–Crippen MR) is 190 cm³/mol. The normalized spacial score (nSPS) is 10.9. The Labute approximate surface area is 286 Å². The van der Waals surface area contributed by atoms with Crippen LogP contribution >= 0.6 is 23.1 Å². The summed E-state index contributed by atoms with van der Waals surface area (Å²) in [5.41, 5.74) is 3.05. The number of amides is 3. The first-order chi connectivity index (χ1) is 23.4. The van der Waals surface area contributed by atoms with Crippen molar-refractivity contribution in [2.45, 2.75) is 4.90 Å². The largest absolute Gasteiger partial charge is 0.497 e. The van der Waals surface area contributed by atoms with Crippen molar-refractivity contribution in [3.63, 3.8) is 0 Å². The van der Waals surface area contributed by atoms with Gasteiger partial charge in [-0.05, 0) is 66.7 Å². The summed E-state index contributed by atoms with van der Waals surface area (Å²) in [5, 5.41) is 10.8. The van der Waals surface area contributed by atoms with Crippen molar-refractivity contribution < 1.29 is 28.6 Å². The quantitative estimate of drug-likeness (QED) is 0.0899. The molecule has 1 heterocycles. The van der Waals surface area contributed by atoms with E-state index >= 15 is 0 Å². The summed E-state index contributed by atoms with van der Waals surface area (Å²) < 4.78 is 16.2. The van der Waals surface area contributed by atoms with Crippen molar-refractivity contribution in [2.24, 2.45) is 0 Å². The lowest BCUT2D eigenvalue weighted by Gasteiger charge is -2.13. The van der Waals surface area contributed by atoms with Gasteiger partial charge in [0.2, 0.25) is 5.91 Å². The van der Waals surface area contributed by atoms with Gasteiger partial charge < -0.3 is 30.2 Å². The van der Waals surface area contributed by atoms with Gasteiger partial charge in [0.05, 0.1) is 32.8 Å². The van der Waals surface area contributed by atoms with Gasteiger partial charge in [-0.1, -0.05) is 30.3 Å². The van der Waals surface area contributed by atoms with Crippen molar-refractivity contribution >= 4 is 57.7 Å². The van der Waals surface area contributed by atoms with Crippen LogP contribution in [0.25, 0.3) is 17.3 Å². The maximum absolute atomic E-state index is 13.5. The molecular formula is C36H32N4O6S2. The third-order valence-electron chi connectivity index (χ3n) is 6.88. The summed E-state index contributed by atoms with van der Waals surface area (Å²) in [5.74, 6) is 0.744. The number of benzene rings is 4. The number of rotatable bonds is 13. The molecule has 0 spiro atoms. The van der Waals surface area contributed by atoms with E-state index in [1.807, 2.05) is 29.6 Å². The molecule has 3 N–H and O–H groups in total. The number of hydrogen-bond donors (Lipinski definition) is 3. The third kappa shape index (κ3) is 8.81. The van der Waals surface area contributed by atoms with E-state index in [0.717, 1.165) is 16.2 Å². The van der Waals surface area contributed by atoms with Gasteiger partial charge in [0.25, 0.3) is 11.8 Å². The van der Waals surface area contributed by atoms with E-state index in [1.54, 1.807) is 93.1 Å². The third-order valence-corrected chi connectivity index (χ3v) is 8.65. The second-order valence-electron chi connectivity index (χ2n) is 10.0. The summed E-state index contributed by atoms with van der Waals surface area (Å²) in [6, 6.07) is 28.4. The molecule has 244 valence electrons. The SMILES string of the molecule is COc1ccc(/C=C(\NC(=O)c2ccccc2)C(=O)Nc2ccc(SCC(=O)Nc3nc(-c4ccccc4OC)cs3)cc2)c(OC)c1. The molecule has 0 saturated heterocycles. The van der Waals surface area contributed by atoms with E-state index in [4.69, 9.17) is 14.2 Å². The number of aromatic nitrogens is 1. The van der Waals surface area contributed by atoms with Gasteiger partial charge in [-0.3, -0.25) is 14.4 Å². The monoisotopic (exact) mass is 680 g/mol. The zero-order chi connectivity index (χ0) is 33.9. The minimum absolute atomic E-state index is 0.0125. The molecule has 48 heavy (non-hydrogen) atoms. The van der Waals surface area contributed by atoms with E-state index < -0.39 is 11.8 Å². The minimum Gasteiger partial charge on any atom is -0.497 e. The molecule has 5 rings (SSSR count). The van der Waals surface area contributed by atoms with Crippen LogP contribution in [0.15, 0.2) is 113 Å². The summed E-state index contributed by atoms with van der Waals surface area (Å²) in [6.45, 7) is 0. The Morgan fingerprint density at radius 2 is 1.54 bits per heavy atom. The Kier molecular flexibility index (Phi) is 11.5. The fourth-order valence-corrected chi connectivity index (χ4v) is 5.91. The highest BCUT2D eigenvalue weighted by molar-refractivity contribution is 8.00. The molecule has 0 aliphatic heterocycles. The zero-order valence-corrected chi connectivity index (χ0v) is 27.9. The van der Waals surface area contributed by atoms with Gasteiger partial charge in [0.1, 0.15) is 22.9 Å².